The van der Waals surface area contributed by atoms with Crippen molar-refractivity contribution in [3.05, 3.63) is 0 Å². The Kier molecular flexibility index (Phi) is 5.01. The molecule has 1 amide bonds. The monoisotopic (exact) mass is 189 g/mol. The third-order valence-electron chi connectivity index (χ3n) is 1.48. The van der Waals surface area contributed by atoms with E-state index in [-0.39, 0.29) is 13.0 Å². The zero-order chi connectivity index (χ0) is 10.4. The lowest BCUT2D eigenvalue weighted by Crippen LogP contribution is -2.48. The molecule has 6 nitrogen and oxygen atoms in total. The van der Waals surface area contributed by atoms with Gasteiger partial charge in [0.25, 0.3) is 0 Å². The fourth-order valence-electron chi connectivity index (χ4n) is 0.727. The van der Waals surface area contributed by atoms with E-state index in [9.17, 15) is 9.59 Å². The summed E-state index contributed by atoms with van der Waals surface area (Å²) in [5.74, 6) is -1.58. The van der Waals surface area contributed by atoms with Gasteiger partial charge in [0.2, 0.25) is 5.91 Å². The molecule has 0 saturated heterocycles. The molecular formula is C7H15N3O3. The van der Waals surface area contributed by atoms with E-state index in [1.54, 1.807) is 0 Å². The zero-order valence-electron chi connectivity index (χ0n) is 7.49. The molecule has 13 heavy (non-hydrogen) atoms. The molecule has 0 aromatic carbocycles. The van der Waals surface area contributed by atoms with Gasteiger partial charge in [-0.1, -0.05) is 0 Å². The molecule has 6 heteroatoms. The van der Waals surface area contributed by atoms with Gasteiger partial charge in [-0.2, -0.15) is 0 Å². The number of hydrogen-bond acceptors (Lipinski definition) is 4. The molecule has 0 bridgehead atoms. The van der Waals surface area contributed by atoms with Crippen molar-refractivity contribution in [3.63, 3.8) is 0 Å². The minimum Gasteiger partial charge on any atom is -0.480 e. The molecule has 76 valence electrons. The van der Waals surface area contributed by atoms with Gasteiger partial charge in [0.05, 0.1) is 6.04 Å². The highest BCUT2D eigenvalue weighted by Crippen LogP contribution is 1.91. The van der Waals surface area contributed by atoms with Crippen LogP contribution in [0.5, 0.6) is 0 Å². The Bertz CT molecular complexity index is 193. The predicted octanol–water partition coefficient (Wildman–Crippen LogP) is -1.75. The van der Waals surface area contributed by atoms with Gasteiger partial charge in [0.15, 0.2) is 0 Å². The summed E-state index contributed by atoms with van der Waals surface area (Å²) >= 11 is 0. The Morgan fingerprint density at radius 2 is 2.08 bits per heavy atom. The van der Waals surface area contributed by atoms with Gasteiger partial charge < -0.3 is 21.9 Å². The standard InChI is InChI=1S/C7H15N3O3/c1-4(9)6(11)10-5(2-3-8)7(12)13/h4-5H,2-3,8-9H2,1H3,(H,10,11)(H,12,13). The first-order valence-corrected chi connectivity index (χ1v) is 3.98. The highest BCUT2D eigenvalue weighted by molar-refractivity contribution is 5.86. The summed E-state index contributed by atoms with van der Waals surface area (Å²) in [7, 11) is 0. The van der Waals surface area contributed by atoms with Crippen molar-refractivity contribution in [2.24, 2.45) is 11.5 Å². The number of carbonyl (C=O) groups is 2. The molecule has 0 heterocycles. The molecule has 0 aliphatic heterocycles. The first kappa shape index (κ1) is 11.9. The summed E-state index contributed by atoms with van der Waals surface area (Å²) in [6.07, 6.45) is 0.202. The van der Waals surface area contributed by atoms with Gasteiger partial charge in [-0.25, -0.2) is 4.79 Å². The van der Waals surface area contributed by atoms with Gasteiger partial charge in [0, 0.05) is 0 Å². The van der Waals surface area contributed by atoms with Crippen molar-refractivity contribution in [1.29, 1.82) is 0 Å². The van der Waals surface area contributed by atoms with Crippen molar-refractivity contribution in [3.8, 4) is 0 Å². The first-order chi connectivity index (χ1) is 5.99. The Morgan fingerprint density at radius 3 is 2.38 bits per heavy atom. The SMILES string of the molecule is CC(N)C(=O)NC(CCN)C(=O)O. The summed E-state index contributed by atoms with van der Waals surface area (Å²) < 4.78 is 0. The summed E-state index contributed by atoms with van der Waals surface area (Å²) in [6, 6.07) is -1.65. The van der Waals surface area contributed by atoms with Crippen LogP contribution in [0.1, 0.15) is 13.3 Å². The van der Waals surface area contributed by atoms with E-state index in [1.165, 1.54) is 6.92 Å². The molecular weight excluding hydrogens is 174 g/mol. The minimum atomic E-state index is -1.10. The number of carbonyl (C=O) groups excluding carboxylic acids is 1. The fraction of sp³-hybridized carbons (Fsp3) is 0.714. The van der Waals surface area contributed by atoms with E-state index in [2.05, 4.69) is 5.32 Å². The molecule has 0 spiro atoms. The number of aliphatic carboxylic acids is 1. The van der Waals surface area contributed by atoms with Crippen LogP contribution in [0, 0.1) is 0 Å². The third kappa shape index (κ3) is 4.44. The number of rotatable bonds is 5. The van der Waals surface area contributed by atoms with Crippen LogP contribution in [-0.2, 0) is 9.59 Å². The van der Waals surface area contributed by atoms with E-state index < -0.39 is 24.0 Å². The summed E-state index contributed by atoms with van der Waals surface area (Å²) in [5.41, 5.74) is 10.4. The van der Waals surface area contributed by atoms with Crippen LogP contribution >= 0.6 is 0 Å². The van der Waals surface area contributed by atoms with Crippen molar-refractivity contribution in [2.75, 3.05) is 6.54 Å². The van der Waals surface area contributed by atoms with E-state index in [1.807, 2.05) is 0 Å². The summed E-state index contributed by atoms with van der Waals surface area (Å²) in [6.45, 7) is 1.69. The third-order valence-corrected chi connectivity index (χ3v) is 1.48. The second-order valence-corrected chi connectivity index (χ2v) is 2.77. The minimum absolute atomic E-state index is 0.202. The largest absolute Gasteiger partial charge is 0.480 e. The van der Waals surface area contributed by atoms with Crippen LogP contribution < -0.4 is 16.8 Å². The Labute approximate surface area is 76.3 Å². The smallest absolute Gasteiger partial charge is 0.326 e. The number of carboxylic acids is 1. The molecule has 2 unspecified atom stereocenters. The lowest BCUT2D eigenvalue weighted by molar-refractivity contribution is -0.142. The maximum Gasteiger partial charge on any atom is 0.326 e. The summed E-state index contributed by atoms with van der Waals surface area (Å²) in [4.78, 5) is 21.5. The van der Waals surface area contributed by atoms with Crippen LogP contribution in [-0.4, -0.2) is 35.6 Å². The maximum atomic E-state index is 11.0. The van der Waals surface area contributed by atoms with Crippen molar-refractivity contribution >= 4 is 11.9 Å². The fourth-order valence-corrected chi connectivity index (χ4v) is 0.727. The molecule has 0 radical (unpaired) electrons. The van der Waals surface area contributed by atoms with Crippen LogP contribution in [0.25, 0.3) is 0 Å². The molecule has 0 aromatic heterocycles. The molecule has 2 atom stereocenters. The molecule has 0 rings (SSSR count). The zero-order valence-corrected chi connectivity index (χ0v) is 7.49. The number of hydrogen-bond donors (Lipinski definition) is 4. The molecule has 0 aromatic rings. The normalized spacial score (nSPS) is 14.7. The highest BCUT2D eigenvalue weighted by atomic mass is 16.4. The highest BCUT2D eigenvalue weighted by Gasteiger charge is 2.20. The average molecular weight is 189 g/mol. The lowest BCUT2D eigenvalue weighted by atomic mass is 10.2. The quantitative estimate of drug-likeness (QED) is 0.409. The van der Waals surface area contributed by atoms with Crippen LogP contribution in [0.3, 0.4) is 0 Å². The molecule has 0 saturated carbocycles. The second-order valence-electron chi connectivity index (χ2n) is 2.77. The molecule has 0 aliphatic rings. The van der Waals surface area contributed by atoms with Gasteiger partial charge in [-0.3, -0.25) is 4.79 Å². The maximum absolute atomic E-state index is 11.0. The first-order valence-electron chi connectivity index (χ1n) is 3.98. The Balaban J connectivity index is 4.10. The average Bonchev–Trinajstić information content (AvgIpc) is 2.03. The predicted molar refractivity (Wildman–Crippen MR) is 46.9 cm³/mol. The van der Waals surface area contributed by atoms with Crippen LogP contribution in [0.15, 0.2) is 0 Å². The van der Waals surface area contributed by atoms with E-state index in [0.717, 1.165) is 0 Å². The van der Waals surface area contributed by atoms with Crippen molar-refractivity contribution in [2.45, 2.75) is 25.4 Å². The van der Waals surface area contributed by atoms with Crippen LogP contribution in [0.2, 0.25) is 0 Å². The van der Waals surface area contributed by atoms with Crippen LogP contribution in [0.4, 0.5) is 0 Å². The molecule has 6 N–H and O–H groups in total. The van der Waals surface area contributed by atoms with Crippen molar-refractivity contribution < 1.29 is 14.7 Å². The lowest BCUT2D eigenvalue weighted by Gasteiger charge is -2.14. The van der Waals surface area contributed by atoms with E-state index in [4.69, 9.17) is 16.6 Å². The number of nitrogens with one attached hydrogen (secondary N) is 1. The van der Waals surface area contributed by atoms with E-state index >= 15 is 0 Å². The number of amides is 1. The number of carboxylic acid groups (broad SMARTS) is 1. The Morgan fingerprint density at radius 1 is 1.54 bits per heavy atom. The Hall–Kier alpha value is -1.14. The van der Waals surface area contributed by atoms with Gasteiger partial charge in [-0.05, 0) is 19.9 Å². The second kappa shape index (κ2) is 5.50. The van der Waals surface area contributed by atoms with Crippen molar-refractivity contribution in [1.82, 2.24) is 5.32 Å². The molecule has 0 aliphatic carbocycles. The van der Waals surface area contributed by atoms with Gasteiger partial charge >= 0.3 is 5.97 Å². The van der Waals surface area contributed by atoms with Gasteiger partial charge in [0.1, 0.15) is 6.04 Å². The molecule has 0 fully saturated rings. The number of nitrogens with two attached hydrogens (primary N) is 2. The van der Waals surface area contributed by atoms with E-state index in [0.29, 0.717) is 0 Å². The topological polar surface area (TPSA) is 118 Å². The summed E-state index contributed by atoms with van der Waals surface area (Å²) in [5, 5.41) is 10.9. The van der Waals surface area contributed by atoms with Gasteiger partial charge in [-0.15, -0.1) is 0 Å².